The summed E-state index contributed by atoms with van der Waals surface area (Å²) in [5, 5.41) is 0. The average Bonchev–Trinajstić information content (AvgIpc) is 2.16. The number of hydrogen-bond acceptors (Lipinski definition) is 5. The van der Waals surface area contributed by atoms with Gasteiger partial charge in [0.2, 0.25) is 0 Å². The summed E-state index contributed by atoms with van der Waals surface area (Å²) in [4.78, 5) is 22.5. The van der Waals surface area contributed by atoms with Gasteiger partial charge in [0.05, 0.1) is 19.3 Å². The Morgan fingerprint density at radius 1 is 1.27 bits per heavy atom. The van der Waals surface area contributed by atoms with Crippen LogP contribution >= 0.6 is 0 Å². The molecule has 0 fully saturated rings. The molecule has 0 heterocycles. The SMILES string of the molecule is CCOC(=O)C(F)(C(=O)OCC)C(C)N. The number of rotatable bonds is 5. The Morgan fingerprint density at radius 3 is 1.80 bits per heavy atom. The van der Waals surface area contributed by atoms with E-state index in [0.29, 0.717) is 0 Å². The third kappa shape index (κ3) is 2.89. The Morgan fingerprint density at radius 2 is 1.60 bits per heavy atom. The summed E-state index contributed by atoms with van der Waals surface area (Å²) in [6.07, 6.45) is 0. The first-order valence-corrected chi connectivity index (χ1v) is 4.70. The third-order valence-corrected chi connectivity index (χ3v) is 1.77. The number of alkyl halides is 1. The van der Waals surface area contributed by atoms with E-state index in [0.717, 1.165) is 0 Å². The van der Waals surface area contributed by atoms with E-state index >= 15 is 0 Å². The fraction of sp³-hybridized carbons (Fsp3) is 0.778. The van der Waals surface area contributed by atoms with Crippen molar-refractivity contribution in [3.8, 4) is 0 Å². The van der Waals surface area contributed by atoms with E-state index < -0.39 is 23.6 Å². The molecule has 0 aromatic heterocycles. The van der Waals surface area contributed by atoms with Crippen molar-refractivity contribution in [2.24, 2.45) is 5.73 Å². The van der Waals surface area contributed by atoms with Crippen molar-refractivity contribution in [1.82, 2.24) is 0 Å². The van der Waals surface area contributed by atoms with Crippen molar-refractivity contribution in [1.29, 1.82) is 0 Å². The van der Waals surface area contributed by atoms with Crippen molar-refractivity contribution >= 4 is 11.9 Å². The van der Waals surface area contributed by atoms with Crippen LogP contribution in [0.5, 0.6) is 0 Å². The minimum atomic E-state index is -2.92. The zero-order chi connectivity index (χ0) is 12.1. The number of esters is 2. The monoisotopic (exact) mass is 221 g/mol. The molecule has 0 radical (unpaired) electrons. The molecule has 5 nitrogen and oxygen atoms in total. The lowest BCUT2D eigenvalue weighted by atomic mass is 9.99. The molecule has 6 heteroatoms. The molecule has 88 valence electrons. The molecule has 0 saturated carbocycles. The van der Waals surface area contributed by atoms with Crippen molar-refractivity contribution in [2.75, 3.05) is 13.2 Å². The number of ether oxygens (including phenoxy) is 2. The summed E-state index contributed by atoms with van der Waals surface area (Å²) in [6, 6.07) is -1.32. The molecular formula is C9H16FNO4. The van der Waals surface area contributed by atoms with Gasteiger partial charge in [0.25, 0.3) is 0 Å². The first-order chi connectivity index (χ1) is 6.91. The van der Waals surface area contributed by atoms with E-state index in [1.54, 1.807) is 0 Å². The van der Waals surface area contributed by atoms with Crippen LogP contribution < -0.4 is 5.73 Å². The molecule has 0 amide bonds. The van der Waals surface area contributed by atoms with E-state index in [1.807, 2.05) is 0 Å². The summed E-state index contributed by atoms with van der Waals surface area (Å²) in [6.45, 7) is 4.15. The lowest BCUT2D eigenvalue weighted by molar-refractivity contribution is -0.175. The molecule has 0 saturated heterocycles. The molecule has 1 atom stereocenters. The minimum absolute atomic E-state index is 0.0311. The summed E-state index contributed by atoms with van der Waals surface area (Å²) >= 11 is 0. The molecule has 0 rings (SSSR count). The summed E-state index contributed by atoms with van der Waals surface area (Å²) in [7, 11) is 0. The highest BCUT2D eigenvalue weighted by molar-refractivity contribution is 6.04. The van der Waals surface area contributed by atoms with Crippen LogP contribution in [0.1, 0.15) is 20.8 Å². The van der Waals surface area contributed by atoms with Gasteiger partial charge >= 0.3 is 17.6 Å². The molecule has 0 aromatic carbocycles. The van der Waals surface area contributed by atoms with Gasteiger partial charge in [-0.15, -0.1) is 0 Å². The molecule has 0 spiro atoms. The Hall–Kier alpha value is -1.17. The molecule has 0 aliphatic rings. The maximum atomic E-state index is 14.0. The normalized spacial score (nSPS) is 13.1. The van der Waals surface area contributed by atoms with Gasteiger partial charge in [-0.25, -0.2) is 14.0 Å². The second-order valence-corrected chi connectivity index (χ2v) is 2.94. The maximum absolute atomic E-state index is 14.0. The highest BCUT2D eigenvalue weighted by Crippen LogP contribution is 2.19. The van der Waals surface area contributed by atoms with Gasteiger partial charge in [-0.3, -0.25) is 0 Å². The predicted octanol–water partition coefficient (Wildman–Crippen LogP) is 0.168. The molecular weight excluding hydrogens is 205 g/mol. The topological polar surface area (TPSA) is 78.6 Å². The van der Waals surface area contributed by atoms with Crippen LogP contribution in [0.2, 0.25) is 0 Å². The zero-order valence-corrected chi connectivity index (χ0v) is 9.08. The third-order valence-electron chi connectivity index (χ3n) is 1.77. The number of hydrogen-bond donors (Lipinski definition) is 1. The smallest absolute Gasteiger partial charge is 0.357 e. The summed E-state index contributed by atoms with van der Waals surface area (Å²) < 4.78 is 22.9. The Bertz CT molecular complexity index is 224. The first kappa shape index (κ1) is 13.8. The van der Waals surface area contributed by atoms with Crippen LogP contribution in [0.15, 0.2) is 0 Å². The van der Waals surface area contributed by atoms with Crippen molar-refractivity contribution in [3.63, 3.8) is 0 Å². The van der Waals surface area contributed by atoms with E-state index in [4.69, 9.17) is 5.73 Å². The Kier molecular flexibility index (Phi) is 5.21. The fourth-order valence-electron chi connectivity index (χ4n) is 0.927. The first-order valence-electron chi connectivity index (χ1n) is 4.70. The molecule has 0 bridgehead atoms. The maximum Gasteiger partial charge on any atom is 0.357 e. The van der Waals surface area contributed by atoms with Crippen LogP contribution in [-0.2, 0) is 19.1 Å². The van der Waals surface area contributed by atoms with Crippen LogP contribution in [-0.4, -0.2) is 36.9 Å². The van der Waals surface area contributed by atoms with E-state index in [2.05, 4.69) is 9.47 Å². The minimum Gasteiger partial charge on any atom is -0.463 e. The van der Waals surface area contributed by atoms with Gasteiger partial charge in [-0.2, -0.15) is 0 Å². The number of halogens is 1. The number of carbonyl (C=O) groups excluding carboxylic acids is 2. The molecule has 15 heavy (non-hydrogen) atoms. The van der Waals surface area contributed by atoms with Crippen LogP contribution in [0.4, 0.5) is 4.39 Å². The Labute approximate surface area is 87.7 Å². The number of carbonyl (C=O) groups is 2. The summed E-state index contributed by atoms with van der Waals surface area (Å²) in [5.41, 5.74) is 2.33. The predicted molar refractivity (Wildman–Crippen MR) is 50.8 cm³/mol. The Balaban J connectivity index is 4.88. The standard InChI is InChI=1S/C9H16FNO4/c1-4-14-7(12)9(10,6(3)11)8(13)15-5-2/h6H,4-5,11H2,1-3H3. The second-order valence-electron chi connectivity index (χ2n) is 2.94. The second kappa shape index (κ2) is 5.65. The largest absolute Gasteiger partial charge is 0.463 e. The van der Waals surface area contributed by atoms with Crippen LogP contribution in [0, 0.1) is 0 Å². The molecule has 0 aromatic rings. The van der Waals surface area contributed by atoms with E-state index in [-0.39, 0.29) is 13.2 Å². The van der Waals surface area contributed by atoms with Crippen molar-refractivity contribution < 1.29 is 23.5 Å². The van der Waals surface area contributed by atoms with Gasteiger partial charge in [-0.1, -0.05) is 0 Å². The fourth-order valence-corrected chi connectivity index (χ4v) is 0.927. The lowest BCUT2D eigenvalue weighted by Gasteiger charge is -2.24. The molecule has 0 aliphatic carbocycles. The van der Waals surface area contributed by atoms with Crippen molar-refractivity contribution in [2.45, 2.75) is 32.5 Å². The van der Waals surface area contributed by atoms with Gasteiger partial charge < -0.3 is 15.2 Å². The zero-order valence-electron chi connectivity index (χ0n) is 9.08. The van der Waals surface area contributed by atoms with E-state index in [1.165, 1.54) is 20.8 Å². The molecule has 2 N–H and O–H groups in total. The highest BCUT2D eigenvalue weighted by atomic mass is 19.1. The lowest BCUT2D eigenvalue weighted by Crippen LogP contribution is -2.56. The quantitative estimate of drug-likeness (QED) is 0.528. The summed E-state index contributed by atoms with van der Waals surface area (Å²) in [5.74, 6) is -2.61. The van der Waals surface area contributed by atoms with Gasteiger partial charge in [-0.05, 0) is 20.8 Å². The highest BCUT2D eigenvalue weighted by Gasteiger charge is 2.53. The average molecular weight is 221 g/mol. The van der Waals surface area contributed by atoms with Gasteiger partial charge in [0, 0.05) is 0 Å². The van der Waals surface area contributed by atoms with Gasteiger partial charge in [0.15, 0.2) is 0 Å². The van der Waals surface area contributed by atoms with Crippen molar-refractivity contribution in [3.05, 3.63) is 0 Å². The number of nitrogens with two attached hydrogens (primary N) is 1. The van der Waals surface area contributed by atoms with Crippen LogP contribution in [0.25, 0.3) is 0 Å². The van der Waals surface area contributed by atoms with Crippen LogP contribution in [0.3, 0.4) is 0 Å². The van der Waals surface area contributed by atoms with E-state index in [9.17, 15) is 14.0 Å². The molecule has 0 aliphatic heterocycles. The van der Waals surface area contributed by atoms with Gasteiger partial charge in [0.1, 0.15) is 0 Å². The molecule has 1 unspecified atom stereocenters.